The van der Waals surface area contributed by atoms with Gasteiger partial charge in [-0.05, 0) is 29.9 Å². The van der Waals surface area contributed by atoms with Crippen LogP contribution in [0.4, 0.5) is 0 Å². The average molecular weight is 343 g/mol. The first kappa shape index (κ1) is 17.6. The zero-order valence-corrected chi connectivity index (χ0v) is 14.7. The van der Waals surface area contributed by atoms with Gasteiger partial charge in [-0.3, -0.25) is 4.79 Å². The normalized spacial score (nSPS) is 30.6. The molecule has 0 radical (unpaired) electrons. The Hall–Kier alpha value is -0.770. The van der Waals surface area contributed by atoms with Gasteiger partial charge in [-0.25, -0.2) is 0 Å². The fourth-order valence-corrected chi connectivity index (χ4v) is 3.64. The molecule has 3 nitrogen and oxygen atoms in total. The van der Waals surface area contributed by atoms with Crippen LogP contribution in [0.3, 0.4) is 0 Å². The molecule has 0 spiro atoms. The van der Waals surface area contributed by atoms with Gasteiger partial charge in [0.25, 0.3) is 0 Å². The maximum Gasteiger partial charge on any atom is 0.226 e. The van der Waals surface area contributed by atoms with Gasteiger partial charge < -0.3 is 10.2 Å². The molecular formula is C17H24Cl2N2O. The molecule has 1 N–H and O–H groups in total. The number of halogens is 2. The van der Waals surface area contributed by atoms with E-state index in [4.69, 9.17) is 11.6 Å². The van der Waals surface area contributed by atoms with Crippen molar-refractivity contribution in [1.82, 2.24) is 10.2 Å². The van der Waals surface area contributed by atoms with Crippen molar-refractivity contribution in [2.24, 2.45) is 11.3 Å². The van der Waals surface area contributed by atoms with Crippen molar-refractivity contribution in [3.05, 3.63) is 34.9 Å². The molecule has 5 heteroatoms. The van der Waals surface area contributed by atoms with Crippen LogP contribution < -0.4 is 5.32 Å². The third-order valence-electron chi connectivity index (χ3n) is 5.25. The Balaban J connectivity index is 0.00000176. The van der Waals surface area contributed by atoms with Gasteiger partial charge in [0.05, 0.1) is 6.04 Å². The number of benzene rings is 1. The van der Waals surface area contributed by atoms with Gasteiger partial charge >= 0.3 is 0 Å². The van der Waals surface area contributed by atoms with E-state index in [0.717, 1.165) is 43.1 Å². The van der Waals surface area contributed by atoms with Crippen LogP contribution in [0.2, 0.25) is 5.02 Å². The zero-order valence-electron chi connectivity index (χ0n) is 13.1. The molecule has 122 valence electrons. The molecule has 1 aliphatic carbocycles. The summed E-state index contributed by atoms with van der Waals surface area (Å²) in [5.74, 6) is 0.511. The summed E-state index contributed by atoms with van der Waals surface area (Å²) in [5, 5.41) is 4.14. The number of carbonyl (C=O) groups excluding carboxylic acids is 1. The molecule has 0 aromatic heterocycles. The fourth-order valence-electron chi connectivity index (χ4n) is 3.37. The topological polar surface area (TPSA) is 32.3 Å². The Labute approximate surface area is 143 Å². The minimum atomic E-state index is 0. The Bertz CT molecular complexity index is 551. The predicted octanol–water partition coefficient (Wildman–Crippen LogP) is 3.67. The van der Waals surface area contributed by atoms with Gasteiger partial charge in [0.15, 0.2) is 0 Å². The van der Waals surface area contributed by atoms with E-state index in [1.165, 1.54) is 0 Å². The summed E-state index contributed by atoms with van der Waals surface area (Å²) in [4.78, 5) is 14.9. The number of hydrogen-bond donors (Lipinski definition) is 1. The maximum atomic E-state index is 12.9. The van der Waals surface area contributed by atoms with Gasteiger partial charge in [-0.15, -0.1) is 12.4 Å². The molecule has 1 saturated carbocycles. The quantitative estimate of drug-likeness (QED) is 0.908. The molecule has 0 bridgehead atoms. The molecule has 1 aliphatic heterocycles. The minimum Gasteiger partial charge on any atom is -0.333 e. The number of nitrogens with zero attached hydrogens (tertiary/aromatic N) is 1. The first-order valence-corrected chi connectivity index (χ1v) is 8.20. The molecule has 2 aliphatic rings. The molecule has 22 heavy (non-hydrogen) atoms. The minimum absolute atomic E-state index is 0. The zero-order chi connectivity index (χ0) is 15.0. The number of piperazine rings is 1. The van der Waals surface area contributed by atoms with Crippen LogP contribution in [0.15, 0.2) is 24.3 Å². The third kappa shape index (κ3) is 3.12. The second-order valence-electron chi connectivity index (χ2n) is 6.54. The predicted molar refractivity (Wildman–Crippen MR) is 92.5 cm³/mol. The molecule has 1 saturated heterocycles. The number of nitrogens with one attached hydrogen (secondary N) is 1. The van der Waals surface area contributed by atoms with Crippen molar-refractivity contribution in [1.29, 1.82) is 0 Å². The largest absolute Gasteiger partial charge is 0.333 e. The first-order valence-electron chi connectivity index (χ1n) is 7.82. The fraction of sp³-hybridized carbons (Fsp3) is 0.588. The SMILES string of the molecule is CCC1(C)CC1C(=O)N1CCNCC1c1ccccc1Cl.Cl. The molecule has 1 aromatic rings. The third-order valence-corrected chi connectivity index (χ3v) is 5.59. The molecule has 1 heterocycles. The molecule has 1 aromatic carbocycles. The smallest absolute Gasteiger partial charge is 0.226 e. The lowest BCUT2D eigenvalue weighted by Crippen LogP contribution is -2.49. The van der Waals surface area contributed by atoms with Crippen molar-refractivity contribution < 1.29 is 4.79 Å². The lowest BCUT2D eigenvalue weighted by Gasteiger charge is -2.37. The van der Waals surface area contributed by atoms with Crippen LogP contribution in [0.1, 0.15) is 38.3 Å². The highest BCUT2D eigenvalue weighted by Gasteiger charge is 2.54. The van der Waals surface area contributed by atoms with Crippen molar-refractivity contribution in [3.63, 3.8) is 0 Å². The Morgan fingerprint density at radius 2 is 2.18 bits per heavy atom. The van der Waals surface area contributed by atoms with E-state index in [-0.39, 0.29) is 29.8 Å². The highest BCUT2D eigenvalue weighted by Crippen LogP contribution is 2.56. The van der Waals surface area contributed by atoms with Crippen LogP contribution in [-0.2, 0) is 4.79 Å². The molecule has 3 unspecified atom stereocenters. The summed E-state index contributed by atoms with van der Waals surface area (Å²) in [6.45, 7) is 6.82. The van der Waals surface area contributed by atoms with Gasteiger partial charge in [0.2, 0.25) is 5.91 Å². The Kier molecular flexibility index (Phi) is 5.41. The van der Waals surface area contributed by atoms with Crippen molar-refractivity contribution in [2.75, 3.05) is 19.6 Å². The lowest BCUT2D eigenvalue weighted by molar-refractivity contribution is -0.136. The van der Waals surface area contributed by atoms with Crippen LogP contribution in [0.5, 0.6) is 0 Å². The van der Waals surface area contributed by atoms with Crippen LogP contribution >= 0.6 is 24.0 Å². The summed E-state index contributed by atoms with van der Waals surface area (Å²) >= 11 is 6.34. The number of hydrogen-bond acceptors (Lipinski definition) is 2. The monoisotopic (exact) mass is 342 g/mol. The highest BCUT2D eigenvalue weighted by molar-refractivity contribution is 6.31. The van der Waals surface area contributed by atoms with Crippen LogP contribution in [0.25, 0.3) is 0 Å². The Morgan fingerprint density at radius 1 is 1.45 bits per heavy atom. The van der Waals surface area contributed by atoms with E-state index >= 15 is 0 Å². The second-order valence-corrected chi connectivity index (χ2v) is 6.94. The molecule has 1 amide bonds. The van der Waals surface area contributed by atoms with E-state index < -0.39 is 0 Å². The standard InChI is InChI=1S/C17H23ClN2O.ClH/c1-3-17(2)10-13(17)16(21)20-9-8-19-11-15(20)12-6-4-5-7-14(12)18;/h4-7,13,15,19H,3,8-11H2,1-2H3;1H. The van der Waals surface area contributed by atoms with E-state index in [0.29, 0.717) is 5.91 Å². The second kappa shape index (κ2) is 6.77. The first-order chi connectivity index (χ1) is 10.1. The molecule has 3 atom stereocenters. The van der Waals surface area contributed by atoms with Gasteiger partial charge in [-0.1, -0.05) is 43.6 Å². The van der Waals surface area contributed by atoms with E-state index in [9.17, 15) is 4.79 Å². The molecule has 2 fully saturated rings. The number of amides is 1. The van der Waals surface area contributed by atoms with E-state index in [2.05, 4.69) is 19.2 Å². The van der Waals surface area contributed by atoms with Crippen molar-refractivity contribution in [3.8, 4) is 0 Å². The van der Waals surface area contributed by atoms with E-state index in [1.807, 2.05) is 29.2 Å². The van der Waals surface area contributed by atoms with Crippen molar-refractivity contribution in [2.45, 2.75) is 32.7 Å². The highest BCUT2D eigenvalue weighted by atomic mass is 35.5. The lowest BCUT2D eigenvalue weighted by atomic mass is 9.99. The number of carbonyl (C=O) groups is 1. The Morgan fingerprint density at radius 3 is 2.82 bits per heavy atom. The summed E-state index contributed by atoms with van der Waals surface area (Å²) in [6.07, 6.45) is 2.10. The van der Waals surface area contributed by atoms with Crippen LogP contribution in [0, 0.1) is 11.3 Å². The van der Waals surface area contributed by atoms with Gasteiger partial charge in [0, 0.05) is 30.6 Å². The summed E-state index contributed by atoms with van der Waals surface area (Å²) in [5.41, 5.74) is 1.27. The summed E-state index contributed by atoms with van der Waals surface area (Å²) < 4.78 is 0. The summed E-state index contributed by atoms with van der Waals surface area (Å²) in [6, 6.07) is 7.92. The summed E-state index contributed by atoms with van der Waals surface area (Å²) in [7, 11) is 0. The molecule has 3 rings (SSSR count). The van der Waals surface area contributed by atoms with Crippen LogP contribution in [-0.4, -0.2) is 30.4 Å². The van der Waals surface area contributed by atoms with Crippen molar-refractivity contribution >= 4 is 29.9 Å². The number of rotatable bonds is 3. The van der Waals surface area contributed by atoms with Gasteiger partial charge in [-0.2, -0.15) is 0 Å². The van der Waals surface area contributed by atoms with Gasteiger partial charge in [0.1, 0.15) is 0 Å². The van der Waals surface area contributed by atoms with E-state index in [1.54, 1.807) is 0 Å². The maximum absolute atomic E-state index is 12.9. The molecular weight excluding hydrogens is 319 g/mol. The average Bonchev–Trinajstić information content (AvgIpc) is 3.20.